The molecule has 1 unspecified atom stereocenters. The molecule has 1 aromatic carbocycles. The quantitative estimate of drug-likeness (QED) is 0.626. The first-order valence-electron chi connectivity index (χ1n) is 8.45. The van der Waals surface area contributed by atoms with Crippen LogP contribution in [0.4, 0.5) is 10.5 Å². The minimum atomic E-state index is -0.379. The van der Waals surface area contributed by atoms with Crippen LogP contribution in [0, 0.1) is 20.8 Å². The molecular formula is C19H22N4O3. The molecule has 1 atom stereocenters. The molecule has 0 saturated carbocycles. The van der Waals surface area contributed by atoms with Gasteiger partial charge in [-0.2, -0.15) is 5.10 Å². The number of benzene rings is 1. The number of amides is 2. The number of hydrogen-bond acceptors (Lipinski definition) is 4. The Hall–Kier alpha value is -3.09. The third kappa shape index (κ3) is 3.93. The van der Waals surface area contributed by atoms with Gasteiger partial charge in [0.1, 0.15) is 5.58 Å². The van der Waals surface area contributed by atoms with E-state index >= 15 is 0 Å². The lowest BCUT2D eigenvalue weighted by atomic mass is 10.1. The molecule has 0 radical (unpaired) electrons. The number of carbonyl (C=O) groups excluding carboxylic acids is 1. The summed E-state index contributed by atoms with van der Waals surface area (Å²) >= 11 is 0. The summed E-state index contributed by atoms with van der Waals surface area (Å²) in [5.41, 5.74) is 4.33. The number of nitrogens with zero attached hydrogens (tertiary/aromatic N) is 1. The highest BCUT2D eigenvalue weighted by Crippen LogP contribution is 2.25. The Morgan fingerprint density at radius 3 is 2.65 bits per heavy atom. The second-order valence-electron chi connectivity index (χ2n) is 6.66. The van der Waals surface area contributed by atoms with E-state index < -0.39 is 0 Å². The summed E-state index contributed by atoms with van der Waals surface area (Å²) in [6.07, 6.45) is 0.638. The van der Waals surface area contributed by atoms with Gasteiger partial charge in [0, 0.05) is 35.3 Å². The van der Waals surface area contributed by atoms with Crippen LogP contribution in [0.5, 0.6) is 0 Å². The minimum Gasteiger partial charge on any atom is -0.423 e. The number of nitrogens with one attached hydrogen (secondary N) is 3. The minimum absolute atomic E-state index is 0.0711. The molecule has 0 fully saturated rings. The van der Waals surface area contributed by atoms with Gasteiger partial charge in [-0.1, -0.05) is 0 Å². The zero-order valence-electron chi connectivity index (χ0n) is 15.3. The van der Waals surface area contributed by atoms with E-state index in [1.54, 1.807) is 6.07 Å². The van der Waals surface area contributed by atoms with E-state index in [-0.39, 0.29) is 17.7 Å². The number of aromatic amines is 1. The van der Waals surface area contributed by atoms with Crippen LogP contribution in [0.3, 0.4) is 0 Å². The zero-order valence-corrected chi connectivity index (χ0v) is 15.3. The van der Waals surface area contributed by atoms with Crippen LogP contribution >= 0.6 is 0 Å². The van der Waals surface area contributed by atoms with E-state index in [1.807, 2.05) is 39.8 Å². The SMILES string of the molecule is Cc1cc(CC(C)NC(=O)Nc2cc3c(C)cc(=O)oc3cc2C)n[nH]1. The van der Waals surface area contributed by atoms with Crippen molar-refractivity contribution in [3.05, 3.63) is 57.2 Å². The number of fused-ring (bicyclic) bond motifs is 1. The van der Waals surface area contributed by atoms with E-state index in [1.165, 1.54) is 6.07 Å². The summed E-state index contributed by atoms with van der Waals surface area (Å²) in [6.45, 7) is 7.56. The Bertz CT molecular complexity index is 1020. The maximum Gasteiger partial charge on any atom is 0.336 e. The summed E-state index contributed by atoms with van der Waals surface area (Å²) in [5.74, 6) is 0. The number of anilines is 1. The van der Waals surface area contributed by atoms with Crippen LogP contribution in [0.25, 0.3) is 11.0 Å². The zero-order chi connectivity index (χ0) is 18.8. The Labute approximate surface area is 150 Å². The van der Waals surface area contributed by atoms with Gasteiger partial charge in [-0.3, -0.25) is 5.10 Å². The summed E-state index contributed by atoms with van der Waals surface area (Å²) in [7, 11) is 0. The number of H-pyrrole nitrogens is 1. The fraction of sp³-hybridized carbons (Fsp3) is 0.316. The fourth-order valence-electron chi connectivity index (χ4n) is 2.93. The topological polar surface area (TPSA) is 100 Å². The normalized spacial score (nSPS) is 12.2. The van der Waals surface area contributed by atoms with Crippen molar-refractivity contribution in [2.45, 2.75) is 40.2 Å². The lowest BCUT2D eigenvalue weighted by Gasteiger charge is -2.15. The number of rotatable bonds is 4. The second kappa shape index (κ2) is 7.03. The van der Waals surface area contributed by atoms with Gasteiger partial charge in [0.15, 0.2) is 0 Å². The first-order valence-corrected chi connectivity index (χ1v) is 8.45. The predicted molar refractivity (Wildman–Crippen MR) is 101 cm³/mol. The molecular weight excluding hydrogens is 332 g/mol. The molecule has 0 aliphatic carbocycles. The van der Waals surface area contributed by atoms with Crippen molar-refractivity contribution in [3.63, 3.8) is 0 Å². The number of hydrogen-bond donors (Lipinski definition) is 3. The molecule has 0 bridgehead atoms. The largest absolute Gasteiger partial charge is 0.423 e. The number of urea groups is 1. The smallest absolute Gasteiger partial charge is 0.336 e. The maximum atomic E-state index is 12.3. The van der Waals surface area contributed by atoms with Crippen molar-refractivity contribution in [2.75, 3.05) is 5.32 Å². The lowest BCUT2D eigenvalue weighted by molar-refractivity contribution is 0.249. The van der Waals surface area contributed by atoms with Gasteiger partial charge in [0.2, 0.25) is 0 Å². The average molecular weight is 354 g/mol. The van der Waals surface area contributed by atoms with Crippen LogP contribution in [0.2, 0.25) is 0 Å². The maximum absolute atomic E-state index is 12.3. The highest BCUT2D eigenvalue weighted by Gasteiger charge is 2.12. The number of aromatic nitrogens is 2. The molecule has 2 amide bonds. The molecule has 0 saturated heterocycles. The van der Waals surface area contributed by atoms with E-state index in [9.17, 15) is 9.59 Å². The molecule has 7 heteroatoms. The van der Waals surface area contributed by atoms with Gasteiger partial charge < -0.3 is 15.1 Å². The van der Waals surface area contributed by atoms with E-state index in [0.717, 1.165) is 27.9 Å². The highest BCUT2D eigenvalue weighted by atomic mass is 16.4. The monoisotopic (exact) mass is 354 g/mol. The van der Waals surface area contributed by atoms with Crippen LogP contribution in [0.1, 0.15) is 29.4 Å². The van der Waals surface area contributed by atoms with E-state index in [4.69, 9.17) is 4.42 Å². The molecule has 2 aromatic heterocycles. The molecule has 2 heterocycles. The highest BCUT2D eigenvalue weighted by molar-refractivity contribution is 5.94. The molecule has 3 N–H and O–H groups in total. The van der Waals surface area contributed by atoms with Crippen molar-refractivity contribution in [1.82, 2.24) is 15.5 Å². The number of aryl methyl sites for hydroxylation is 3. The fourth-order valence-corrected chi connectivity index (χ4v) is 2.93. The molecule has 0 spiro atoms. The standard InChI is InChI=1S/C19H22N4O3/c1-10-6-18(24)26-17-5-11(2)16(9-15(10)17)21-19(25)20-12(3)7-14-8-13(4)22-23-14/h5-6,8-9,12H,7H2,1-4H3,(H,22,23)(H2,20,21,25). The lowest BCUT2D eigenvalue weighted by Crippen LogP contribution is -2.37. The summed E-state index contributed by atoms with van der Waals surface area (Å²) in [6, 6.07) is 6.62. The van der Waals surface area contributed by atoms with Crippen LogP contribution < -0.4 is 16.3 Å². The van der Waals surface area contributed by atoms with Gasteiger partial charge in [-0.25, -0.2) is 9.59 Å². The Balaban J connectivity index is 1.72. The molecule has 3 rings (SSSR count). The molecule has 0 aliphatic heterocycles. The van der Waals surface area contributed by atoms with Crippen LogP contribution in [-0.4, -0.2) is 22.3 Å². The Kier molecular flexibility index (Phi) is 4.79. The Morgan fingerprint density at radius 1 is 1.19 bits per heavy atom. The summed E-state index contributed by atoms with van der Waals surface area (Å²) < 4.78 is 5.22. The second-order valence-corrected chi connectivity index (χ2v) is 6.66. The molecule has 136 valence electrons. The summed E-state index contributed by atoms with van der Waals surface area (Å²) in [5, 5.41) is 13.6. The van der Waals surface area contributed by atoms with Gasteiger partial charge in [0.05, 0.1) is 5.69 Å². The first kappa shape index (κ1) is 17.7. The van der Waals surface area contributed by atoms with E-state index in [2.05, 4.69) is 20.8 Å². The number of carbonyl (C=O) groups is 1. The molecule has 7 nitrogen and oxygen atoms in total. The van der Waals surface area contributed by atoms with Crippen molar-refractivity contribution >= 4 is 22.7 Å². The molecule has 26 heavy (non-hydrogen) atoms. The van der Waals surface area contributed by atoms with Crippen molar-refractivity contribution in [2.24, 2.45) is 0 Å². The van der Waals surface area contributed by atoms with Crippen molar-refractivity contribution in [1.29, 1.82) is 0 Å². The Morgan fingerprint density at radius 2 is 1.96 bits per heavy atom. The third-order valence-corrected chi connectivity index (χ3v) is 4.20. The van der Waals surface area contributed by atoms with Gasteiger partial charge >= 0.3 is 11.7 Å². The summed E-state index contributed by atoms with van der Waals surface area (Å²) in [4.78, 5) is 23.8. The average Bonchev–Trinajstić information content (AvgIpc) is 2.93. The van der Waals surface area contributed by atoms with Crippen molar-refractivity contribution < 1.29 is 9.21 Å². The van der Waals surface area contributed by atoms with E-state index in [0.29, 0.717) is 17.7 Å². The van der Waals surface area contributed by atoms with Crippen LogP contribution in [-0.2, 0) is 6.42 Å². The molecule has 0 aliphatic rings. The van der Waals surface area contributed by atoms with Gasteiger partial charge in [-0.05, 0) is 57.0 Å². The predicted octanol–water partition coefficient (Wildman–Crippen LogP) is 3.19. The van der Waals surface area contributed by atoms with Crippen LogP contribution in [0.15, 0.2) is 33.5 Å². The van der Waals surface area contributed by atoms with Gasteiger partial charge in [0.25, 0.3) is 0 Å². The van der Waals surface area contributed by atoms with Gasteiger partial charge in [-0.15, -0.1) is 0 Å². The molecule has 3 aromatic rings. The third-order valence-electron chi connectivity index (χ3n) is 4.20. The van der Waals surface area contributed by atoms with Crippen molar-refractivity contribution in [3.8, 4) is 0 Å². The first-order chi connectivity index (χ1) is 12.3.